The summed E-state index contributed by atoms with van der Waals surface area (Å²) in [5.74, 6) is 0.575. The molecule has 3 aromatic carbocycles. The van der Waals surface area contributed by atoms with Gasteiger partial charge in [-0.15, -0.1) is 0 Å². The van der Waals surface area contributed by atoms with E-state index < -0.39 is 6.04 Å². The van der Waals surface area contributed by atoms with Gasteiger partial charge in [-0.25, -0.2) is 4.68 Å². The summed E-state index contributed by atoms with van der Waals surface area (Å²) in [5, 5.41) is 14.2. The summed E-state index contributed by atoms with van der Waals surface area (Å²) >= 11 is 6.15. The molecule has 0 saturated heterocycles. The van der Waals surface area contributed by atoms with Crippen molar-refractivity contribution in [2.75, 3.05) is 23.1 Å². The minimum absolute atomic E-state index is 0.299. The fourth-order valence-electron chi connectivity index (χ4n) is 4.38. The van der Waals surface area contributed by atoms with Crippen LogP contribution in [-0.4, -0.2) is 28.7 Å². The highest BCUT2D eigenvalue weighted by atomic mass is 35.5. The molecule has 38 heavy (non-hydrogen) atoms. The Balaban J connectivity index is 1.51. The molecule has 1 aliphatic heterocycles. The van der Waals surface area contributed by atoms with Crippen molar-refractivity contribution in [2.24, 2.45) is 0 Å². The fourth-order valence-corrected chi connectivity index (χ4v) is 4.50. The smallest absolute Gasteiger partial charge is 0.261 e. The number of carbonyl (C=O) groups excluding carboxylic acids is 2. The van der Waals surface area contributed by atoms with Gasteiger partial charge in [0, 0.05) is 22.1 Å². The van der Waals surface area contributed by atoms with Crippen molar-refractivity contribution in [2.45, 2.75) is 19.9 Å². The molecule has 5 rings (SSSR count). The first kappa shape index (κ1) is 25.1. The number of nitrogens with zero attached hydrogens (tertiary/aromatic N) is 2. The number of methoxy groups -OCH3 is 1. The van der Waals surface area contributed by atoms with Gasteiger partial charge in [0.05, 0.1) is 18.9 Å². The highest BCUT2D eigenvalue weighted by Crippen LogP contribution is 2.38. The molecule has 4 aromatic rings. The van der Waals surface area contributed by atoms with E-state index in [1.165, 1.54) is 6.20 Å². The van der Waals surface area contributed by atoms with E-state index in [1.807, 2.05) is 50.2 Å². The van der Waals surface area contributed by atoms with Crippen molar-refractivity contribution in [1.29, 1.82) is 0 Å². The van der Waals surface area contributed by atoms with Gasteiger partial charge in [0.15, 0.2) is 0 Å². The molecule has 0 unspecified atom stereocenters. The molecule has 2 heterocycles. The predicted octanol–water partition coefficient (Wildman–Crippen LogP) is 6.03. The number of nitrogens with one attached hydrogen (secondary N) is 3. The highest BCUT2D eigenvalue weighted by molar-refractivity contribution is 6.30. The van der Waals surface area contributed by atoms with Crippen LogP contribution in [0.4, 0.5) is 17.2 Å². The Morgan fingerprint density at radius 3 is 2.13 bits per heavy atom. The Labute approximate surface area is 225 Å². The topological polar surface area (TPSA) is 97.3 Å². The first-order valence-corrected chi connectivity index (χ1v) is 12.4. The van der Waals surface area contributed by atoms with Crippen molar-refractivity contribution in [3.05, 3.63) is 112 Å². The summed E-state index contributed by atoms with van der Waals surface area (Å²) in [7, 11) is 1.59. The van der Waals surface area contributed by atoms with Gasteiger partial charge in [0.1, 0.15) is 23.2 Å². The summed E-state index contributed by atoms with van der Waals surface area (Å²) in [6, 6.07) is 21.3. The molecule has 1 atom stereocenters. The summed E-state index contributed by atoms with van der Waals surface area (Å²) < 4.78 is 6.86. The van der Waals surface area contributed by atoms with Gasteiger partial charge in [-0.05, 0) is 67.9 Å². The van der Waals surface area contributed by atoms with Crippen LogP contribution in [0.3, 0.4) is 0 Å². The monoisotopic (exact) mass is 527 g/mol. The summed E-state index contributed by atoms with van der Waals surface area (Å²) in [4.78, 5) is 26.8. The van der Waals surface area contributed by atoms with Crippen LogP contribution in [0.15, 0.2) is 90.3 Å². The first-order valence-electron chi connectivity index (χ1n) is 12.0. The van der Waals surface area contributed by atoms with Crippen LogP contribution in [0.5, 0.6) is 5.75 Å². The maximum absolute atomic E-state index is 13.6. The third-order valence-corrected chi connectivity index (χ3v) is 6.61. The van der Waals surface area contributed by atoms with Gasteiger partial charge >= 0.3 is 0 Å². The van der Waals surface area contributed by atoms with E-state index in [9.17, 15) is 9.59 Å². The molecule has 8 nitrogen and oxygen atoms in total. The molecule has 9 heteroatoms. The molecule has 192 valence electrons. The molecule has 0 fully saturated rings. The molecule has 0 radical (unpaired) electrons. The number of allylic oxidation sites excluding steroid dienone is 1. The van der Waals surface area contributed by atoms with Crippen LogP contribution >= 0.6 is 11.6 Å². The standard InChI is InChI=1S/C29H26ClN5O3/c1-17-4-10-21(11-5-17)33-28(36)24-16-31-35-26(19-6-8-20(30)9-7-19)25(18(2)32-27(24)35)29(37)34-22-12-14-23(38-3)15-13-22/h4-16,26,32H,1-3H3,(H,33,36)(H,34,37)/t26-/m0/s1. The Morgan fingerprint density at radius 2 is 1.50 bits per heavy atom. The van der Waals surface area contributed by atoms with Gasteiger partial charge in [0.25, 0.3) is 11.8 Å². The average molecular weight is 528 g/mol. The number of ether oxygens (including phenoxy) is 1. The number of anilines is 3. The van der Waals surface area contributed by atoms with Gasteiger partial charge in [-0.1, -0.05) is 41.4 Å². The Kier molecular flexibility index (Phi) is 6.89. The number of carbonyl (C=O) groups is 2. The van der Waals surface area contributed by atoms with Crippen molar-refractivity contribution in [3.63, 3.8) is 0 Å². The Morgan fingerprint density at radius 1 is 0.895 bits per heavy atom. The second-order valence-corrected chi connectivity index (χ2v) is 9.41. The van der Waals surface area contributed by atoms with Gasteiger partial charge < -0.3 is 20.7 Å². The molecule has 0 aliphatic carbocycles. The largest absolute Gasteiger partial charge is 0.497 e. The number of fused-ring (bicyclic) bond motifs is 1. The Bertz CT molecular complexity index is 1520. The highest BCUT2D eigenvalue weighted by Gasteiger charge is 2.35. The number of hydrogen-bond donors (Lipinski definition) is 3. The molecular formula is C29H26ClN5O3. The predicted molar refractivity (Wildman–Crippen MR) is 149 cm³/mol. The molecule has 1 aromatic heterocycles. The first-order chi connectivity index (χ1) is 18.3. The molecule has 2 amide bonds. The number of benzene rings is 3. The van der Waals surface area contributed by atoms with Crippen LogP contribution in [-0.2, 0) is 4.79 Å². The van der Waals surface area contributed by atoms with Crippen LogP contribution in [0.2, 0.25) is 5.02 Å². The van der Waals surface area contributed by atoms with Crippen molar-refractivity contribution in [1.82, 2.24) is 9.78 Å². The third kappa shape index (κ3) is 4.99. The number of amides is 2. The SMILES string of the molecule is COc1ccc(NC(=O)C2=C(C)Nc3c(C(=O)Nc4ccc(C)cc4)cnn3[C@H]2c2ccc(Cl)cc2)cc1. The zero-order valence-corrected chi connectivity index (χ0v) is 21.8. The minimum atomic E-state index is -0.595. The van der Waals surface area contributed by atoms with E-state index >= 15 is 0 Å². The van der Waals surface area contributed by atoms with Crippen LogP contribution in [0.25, 0.3) is 0 Å². The van der Waals surface area contributed by atoms with Crippen molar-refractivity contribution >= 4 is 40.6 Å². The molecule has 0 bridgehead atoms. The zero-order valence-electron chi connectivity index (χ0n) is 21.1. The third-order valence-electron chi connectivity index (χ3n) is 6.36. The van der Waals surface area contributed by atoms with Crippen molar-refractivity contribution in [3.8, 4) is 5.75 Å². The number of halogens is 1. The van der Waals surface area contributed by atoms with Gasteiger partial charge in [-0.3, -0.25) is 9.59 Å². The molecule has 1 aliphatic rings. The Hall–Kier alpha value is -4.56. The lowest BCUT2D eigenvalue weighted by atomic mass is 9.94. The number of aromatic nitrogens is 2. The number of hydrogen-bond acceptors (Lipinski definition) is 5. The van der Waals surface area contributed by atoms with E-state index in [1.54, 1.807) is 48.2 Å². The van der Waals surface area contributed by atoms with Crippen molar-refractivity contribution < 1.29 is 14.3 Å². The molecule has 0 saturated carbocycles. The second-order valence-electron chi connectivity index (χ2n) is 8.97. The van der Waals surface area contributed by atoms with Crippen LogP contribution in [0, 0.1) is 6.92 Å². The molecule has 0 spiro atoms. The number of aryl methyl sites for hydroxylation is 1. The van der Waals surface area contributed by atoms with E-state index in [0.29, 0.717) is 44.8 Å². The maximum atomic E-state index is 13.6. The normalized spacial score (nSPS) is 14.4. The molecular weight excluding hydrogens is 502 g/mol. The lowest BCUT2D eigenvalue weighted by Gasteiger charge is -2.30. The lowest BCUT2D eigenvalue weighted by molar-refractivity contribution is -0.113. The second kappa shape index (κ2) is 10.4. The van der Waals surface area contributed by atoms with E-state index in [2.05, 4.69) is 21.0 Å². The summed E-state index contributed by atoms with van der Waals surface area (Å²) in [6.07, 6.45) is 1.51. The van der Waals surface area contributed by atoms with E-state index in [0.717, 1.165) is 11.1 Å². The van der Waals surface area contributed by atoms with Crippen LogP contribution in [0.1, 0.15) is 34.5 Å². The quantitative estimate of drug-likeness (QED) is 0.284. The van der Waals surface area contributed by atoms with E-state index in [4.69, 9.17) is 16.3 Å². The van der Waals surface area contributed by atoms with Crippen LogP contribution < -0.4 is 20.7 Å². The fraction of sp³-hybridized carbons (Fsp3) is 0.138. The minimum Gasteiger partial charge on any atom is -0.497 e. The van der Waals surface area contributed by atoms with Gasteiger partial charge in [0.2, 0.25) is 0 Å². The lowest BCUT2D eigenvalue weighted by Crippen LogP contribution is -2.32. The summed E-state index contributed by atoms with van der Waals surface area (Å²) in [6.45, 7) is 3.79. The number of rotatable bonds is 6. The van der Waals surface area contributed by atoms with E-state index in [-0.39, 0.29) is 11.8 Å². The zero-order chi connectivity index (χ0) is 26.8. The maximum Gasteiger partial charge on any atom is 0.261 e. The molecule has 3 N–H and O–H groups in total. The average Bonchev–Trinajstić information content (AvgIpc) is 3.33. The summed E-state index contributed by atoms with van der Waals surface area (Å²) in [5.41, 5.74) is 4.62. The van der Waals surface area contributed by atoms with Gasteiger partial charge in [-0.2, -0.15) is 5.10 Å².